The molecular formula is C9H7BrFN3O. The van der Waals surface area contributed by atoms with Crippen molar-refractivity contribution in [2.24, 2.45) is 0 Å². The van der Waals surface area contributed by atoms with E-state index >= 15 is 0 Å². The first kappa shape index (κ1) is 9.97. The van der Waals surface area contributed by atoms with E-state index < -0.39 is 11.6 Å². The fourth-order valence-electron chi connectivity index (χ4n) is 1.26. The van der Waals surface area contributed by atoms with Crippen LogP contribution >= 0.6 is 15.9 Å². The molecule has 0 saturated heterocycles. The summed E-state index contributed by atoms with van der Waals surface area (Å²) in [6.45, 7) is 0. The first-order valence-electron chi connectivity index (χ1n) is 4.08. The molecule has 0 atom stereocenters. The van der Waals surface area contributed by atoms with E-state index in [9.17, 15) is 9.50 Å². The number of H-pyrrole nitrogens is 1. The van der Waals surface area contributed by atoms with E-state index in [1.54, 1.807) is 0 Å². The molecule has 0 fully saturated rings. The van der Waals surface area contributed by atoms with Gasteiger partial charge in [-0.3, -0.25) is 5.10 Å². The Morgan fingerprint density at radius 1 is 1.47 bits per heavy atom. The molecular weight excluding hydrogens is 265 g/mol. The lowest BCUT2D eigenvalue weighted by Gasteiger charge is -2.05. The van der Waals surface area contributed by atoms with E-state index in [1.807, 2.05) is 0 Å². The highest BCUT2D eigenvalue weighted by Gasteiger charge is 2.14. The third-order valence-electron chi connectivity index (χ3n) is 1.94. The van der Waals surface area contributed by atoms with Gasteiger partial charge in [0.2, 0.25) is 0 Å². The molecule has 4 nitrogen and oxygen atoms in total. The minimum atomic E-state index is -0.693. The molecule has 0 aliphatic heterocycles. The Morgan fingerprint density at radius 3 is 2.80 bits per heavy atom. The second-order valence-electron chi connectivity index (χ2n) is 2.96. The van der Waals surface area contributed by atoms with E-state index in [-0.39, 0.29) is 5.82 Å². The number of nitrogens with zero attached hydrogens (tertiary/aromatic N) is 1. The maximum Gasteiger partial charge on any atom is 0.165 e. The van der Waals surface area contributed by atoms with E-state index in [4.69, 9.17) is 5.73 Å². The number of nitrogens with two attached hydrogens (primary N) is 1. The lowest BCUT2D eigenvalue weighted by molar-refractivity contribution is 0.434. The average Bonchev–Trinajstić information content (AvgIpc) is 2.59. The van der Waals surface area contributed by atoms with Gasteiger partial charge in [0.15, 0.2) is 11.6 Å². The molecule has 15 heavy (non-hydrogen) atoms. The van der Waals surface area contributed by atoms with Crippen LogP contribution in [0, 0.1) is 5.82 Å². The first-order chi connectivity index (χ1) is 7.09. The van der Waals surface area contributed by atoms with Crippen molar-refractivity contribution in [2.75, 3.05) is 5.73 Å². The van der Waals surface area contributed by atoms with Crippen LogP contribution in [-0.2, 0) is 0 Å². The number of nitrogens with one attached hydrogen (secondary N) is 1. The molecule has 78 valence electrons. The van der Waals surface area contributed by atoms with Gasteiger partial charge in [-0.15, -0.1) is 0 Å². The number of aromatic amines is 1. The fourth-order valence-corrected chi connectivity index (χ4v) is 1.80. The van der Waals surface area contributed by atoms with Crippen LogP contribution in [0.2, 0.25) is 0 Å². The highest BCUT2D eigenvalue weighted by Crippen LogP contribution is 2.37. The number of aromatic nitrogens is 2. The zero-order chi connectivity index (χ0) is 11.0. The lowest BCUT2D eigenvalue weighted by Crippen LogP contribution is -1.85. The van der Waals surface area contributed by atoms with Crippen LogP contribution in [0.1, 0.15) is 0 Å². The van der Waals surface area contributed by atoms with Crippen LogP contribution in [0.25, 0.3) is 11.3 Å². The van der Waals surface area contributed by atoms with E-state index in [0.29, 0.717) is 15.7 Å². The average molecular weight is 272 g/mol. The SMILES string of the molecule is Nc1cc(-c2c(Br)ccc(F)c2O)[nH]n1. The van der Waals surface area contributed by atoms with Gasteiger partial charge in [-0.2, -0.15) is 5.10 Å². The highest BCUT2D eigenvalue weighted by molar-refractivity contribution is 9.10. The largest absolute Gasteiger partial charge is 0.504 e. The zero-order valence-corrected chi connectivity index (χ0v) is 9.05. The fraction of sp³-hybridized carbons (Fsp3) is 0. The second kappa shape index (κ2) is 3.54. The van der Waals surface area contributed by atoms with Crippen molar-refractivity contribution in [3.63, 3.8) is 0 Å². The number of rotatable bonds is 1. The van der Waals surface area contributed by atoms with Gasteiger partial charge in [0.05, 0.1) is 11.3 Å². The molecule has 0 aliphatic carbocycles. The summed E-state index contributed by atoms with van der Waals surface area (Å²) in [4.78, 5) is 0. The van der Waals surface area contributed by atoms with Crippen molar-refractivity contribution >= 4 is 21.7 Å². The standard InChI is InChI=1S/C9H7BrFN3O/c10-4-1-2-5(11)9(15)8(4)6-3-7(12)14-13-6/h1-3,15H,(H3,12,13,14). The Morgan fingerprint density at radius 2 is 2.20 bits per heavy atom. The summed E-state index contributed by atoms with van der Waals surface area (Å²) in [7, 11) is 0. The monoisotopic (exact) mass is 271 g/mol. The molecule has 2 rings (SSSR count). The van der Waals surface area contributed by atoms with Gasteiger partial charge in [-0.1, -0.05) is 0 Å². The third-order valence-corrected chi connectivity index (χ3v) is 2.61. The van der Waals surface area contributed by atoms with Gasteiger partial charge in [-0.25, -0.2) is 4.39 Å². The van der Waals surface area contributed by atoms with Crippen molar-refractivity contribution in [1.29, 1.82) is 0 Å². The molecule has 0 aliphatic rings. The normalized spacial score (nSPS) is 10.5. The molecule has 0 bridgehead atoms. The van der Waals surface area contributed by atoms with Gasteiger partial charge < -0.3 is 10.8 Å². The molecule has 1 heterocycles. The Kier molecular flexibility index (Phi) is 2.36. The molecule has 1 aromatic heterocycles. The number of benzene rings is 1. The molecule has 1 aromatic carbocycles. The Labute approximate surface area is 93.1 Å². The van der Waals surface area contributed by atoms with Crippen molar-refractivity contribution in [3.05, 3.63) is 28.5 Å². The number of phenolic OH excluding ortho intramolecular Hbond substituents is 1. The minimum absolute atomic E-state index is 0.278. The van der Waals surface area contributed by atoms with Gasteiger partial charge >= 0.3 is 0 Å². The smallest absolute Gasteiger partial charge is 0.165 e. The molecule has 0 unspecified atom stereocenters. The third kappa shape index (κ3) is 1.68. The van der Waals surface area contributed by atoms with Crippen molar-refractivity contribution in [1.82, 2.24) is 10.2 Å². The Bertz CT molecular complexity index is 512. The van der Waals surface area contributed by atoms with Crippen molar-refractivity contribution in [2.45, 2.75) is 0 Å². The van der Waals surface area contributed by atoms with Crippen molar-refractivity contribution < 1.29 is 9.50 Å². The number of nitrogen functional groups attached to an aromatic ring is 1. The number of halogens is 2. The van der Waals surface area contributed by atoms with Gasteiger partial charge in [-0.05, 0) is 28.1 Å². The van der Waals surface area contributed by atoms with Crippen LogP contribution in [0.15, 0.2) is 22.7 Å². The number of hydrogen-bond donors (Lipinski definition) is 3. The summed E-state index contributed by atoms with van der Waals surface area (Å²) in [6, 6.07) is 4.18. The van der Waals surface area contributed by atoms with Gasteiger partial charge in [0.25, 0.3) is 0 Å². The topological polar surface area (TPSA) is 74.9 Å². The number of hydrogen-bond acceptors (Lipinski definition) is 3. The number of anilines is 1. The molecule has 0 radical (unpaired) electrons. The van der Waals surface area contributed by atoms with Crippen LogP contribution in [0.4, 0.5) is 10.2 Å². The highest BCUT2D eigenvalue weighted by atomic mass is 79.9. The summed E-state index contributed by atoms with van der Waals surface area (Å²) < 4.78 is 13.7. The Balaban J connectivity index is 2.66. The van der Waals surface area contributed by atoms with Gasteiger partial charge in [0.1, 0.15) is 5.82 Å². The molecule has 2 aromatic rings. The van der Waals surface area contributed by atoms with E-state index in [2.05, 4.69) is 26.1 Å². The van der Waals surface area contributed by atoms with Crippen molar-refractivity contribution in [3.8, 4) is 17.0 Å². The van der Waals surface area contributed by atoms with Crippen LogP contribution in [-0.4, -0.2) is 15.3 Å². The summed E-state index contributed by atoms with van der Waals surface area (Å²) in [5.74, 6) is -0.852. The molecule has 0 spiro atoms. The van der Waals surface area contributed by atoms with Crippen LogP contribution in [0.3, 0.4) is 0 Å². The lowest BCUT2D eigenvalue weighted by atomic mass is 10.1. The molecule has 4 N–H and O–H groups in total. The maximum absolute atomic E-state index is 13.1. The summed E-state index contributed by atoms with van der Waals surface area (Å²) in [5, 5.41) is 15.8. The quantitative estimate of drug-likeness (QED) is 0.745. The number of phenols is 1. The first-order valence-corrected chi connectivity index (χ1v) is 4.87. The van der Waals surface area contributed by atoms with Crippen LogP contribution in [0.5, 0.6) is 5.75 Å². The second-order valence-corrected chi connectivity index (χ2v) is 3.81. The number of aromatic hydroxyl groups is 1. The summed E-state index contributed by atoms with van der Waals surface area (Å²) in [6.07, 6.45) is 0. The zero-order valence-electron chi connectivity index (χ0n) is 7.46. The summed E-state index contributed by atoms with van der Waals surface area (Å²) in [5.41, 5.74) is 6.18. The molecule has 0 saturated carbocycles. The van der Waals surface area contributed by atoms with Crippen LogP contribution < -0.4 is 5.73 Å². The summed E-state index contributed by atoms with van der Waals surface area (Å²) >= 11 is 3.21. The molecule has 0 amide bonds. The Hall–Kier alpha value is -1.56. The van der Waals surface area contributed by atoms with E-state index in [1.165, 1.54) is 18.2 Å². The van der Waals surface area contributed by atoms with Gasteiger partial charge in [0, 0.05) is 10.5 Å². The minimum Gasteiger partial charge on any atom is -0.504 e. The maximum atomic E-state index is 13.1. The van der Waals surface area contributed by atoms with E-state index in [0.717, 1.165) is 0 Å². The molecule has 6 heteroatoms. The predicted octanol–water partition coefficient (Wildman–Crippen LogP) is 2.27. The predicted molar refractivity (Wildman–Crippen MR) is 57.8 cm³/mol.